The third-order valence-corrected chi connectivity index (χ3v) is 7.19. The Kier molecular flexibility index (Phi) is 6.88. The van der Waals surface area contributed by atoms with E-state index < -0.39 is 36.2 Å². The minimum atomic E-state index is -0.938. The summed E-state index contributed by atoms with van der Waals surface area (Å²) in [4.78, 5) is 39.3. The van der Waals surface area contributed by atoms with E-state index in [1.54, 1.807) is 19.9 Å². The fourth-order valence-corrected chi connectivity index (χ4v) is 5.47. The van der Waals surface area contributed by atoms with E-state index in [0.29, 0.717) is 44.5 Å². The van der Waals surface area contributed by atoms with Crippen LogP contribution in [0, 0.1) is 17.8 Å². The summed E-state index contributed by atoms with van der Waals surface area (Å²) in [5.41, 5.74) is 0.389. The Morgan fingerprint density at radius 1 is 1.22 bits per heavy atom. The molecule has 0 saturated carbocycles. The molecule has 2 saturated heterocycles. The van der Waals surface area contributed by atoms with Gasteiger partial charge < -0.3 is 24.1 Å². The van der Waals surface area contributed by atoms with Gasteiger partial charge in [-0.15, -0.1) is 0 Å². The van der Waals surface area contributed by atoms with Crippen LogP contribution in [-0.2, 0) is 33.3 Å². The van der Waals surface area contributed by atoms with E-state index in [-0.39, 0.29) is 36.5 Å². The highest BCUT2D eigenvalue weighted by Gasteiger charge is 2.51. The first-order valence-electron chi connectivity index (χ1n) is 11.6. The Morgan fingerprint density at radius 2 is 1.94 bits per heavy atom. The van der Waals surface area contributed by atoms with Gasteiger partial charge in [0.1, 0.15) is 12.2 Å². The van der Waals surface area contributed by atoms with E-state index in [1.807, 2.05) is 11.8 Å². The second-order valence-corrected chi connectivity index (χ2v) is 9.29. The van der Waals surface area contributed by atoms with Crippen LogP contribution in [0.4, 0.5) is 0 Å². The molecule has 1 N–H and O–H groups in total. The molecule has 2 fully saturated rings. The van der Waals surface area contributed by atoms with Crippen LogP contribution in [-0.4, -0.2) is 84.7 Å². The van der Waals surface area contributed by atoms with Crippen LogP contribution >= 0.6 is 0 Å². The lowest BCUT2D eigenvalue weighted by atomic mass is 9.84. The highest BCUT2D eigenvalue weighted by molar-refractivity contribution is 5.92. The van der Waals surface area contributed by atoms with Crippen LogP contribution in [0.5, 0.6) is 0 Å². The maximum absolute atomic E-state index is 12.9. The predicted molar refractivity (Wildman–Crippen MR) is 111 cm³/mol. The first-order valence-corrected chi connectivity index (χ1v) is 11.6. The lowest BCUT2D eigenvalue weighted by Crippen LogP contribution is -2.51. The molecule has 4 rings (SSSR count). The second-order valence-electron chi connectivity index (χ2n) is 9.29. The van der Waals surface area contributed by atoms with E-state index in [9.17, 15) is 19.5 Å². The number of likely N-dealkylation sites (tertiary alicyclic amines) is 1. The highest BCUT2D eigenvalue weighted by Crippen LogP contribution is 2.40. The van der Waals surface area contributed by atoms with E-state index in [1.165, 1.54) is 0 Å². The summed E-state index contributed by atoms with van der Waals surface area (Å²) in [6.07, 6.45) is 1.26. The summed E-state index contributed by atoms with van der Waals surface area (Å²) in [6, 6.07) is -0.604. The van der Waals surface area contributed by atoms with Gasteiger partial charge >= 0.3 is 17.9 Å². The van der Waals surface area contributed by atoms with Crippen LogP contribution in [0.15, 0.2) is 11.6 Å². The Hall–Kier alpha value is -1.97. The van der Waals surface area contributed by atoms with Crippen LogP contribution in [0.1, 0.15) is 40.0 Å². The monoisotopic (exact) mass is 451 g/mol. The van der Waals surface area contributed by atoms with Gasteiger partial charge in [0.05, 0.1) is 48.9 Å². The summed E-state index contributed by atoms with van der Waals surface area (Å²) in [5, 5.41) is 11.1. The molecule has 4 aliphatic heterocycles. The van der Waals surface area contributed by atoms with E-state index >= 15 is 0 Å². The summed E-state index contributed by atoms with van der Waals surface area (Å²) in [6.45, 7) is 6.95. The Balaban J connectivity index is 1.58. The molecule has 0 aromatic carbocycles. The molecule has 0 amide bonds. The summed E-state index contributed by atoms with van der Waals surface area (Å²) in [7, 11) is 0. The molecule has 32 heavy (non-hydrogen) atoms. The van der Waals surface area contributed by atoms with Crippen molar-refractivity contribution < 1.29 is 38.4 Å². The van der Waals surface area contributed by atoms with Crippen molar-refractivity contribution in [3.63, 3.8) is 0 Å². The molecule has 7 atom stereocenters. The first kappa shape index (κ1) is 23.2. The number of hydrogen-bond acceptors (Lipinski definition) is 9. The van der Waals surface area contributed by atoms with Gasteiger partial charge in [0.25, 0.3) is 0 Å². The fourth-order valence-electron chi connectivity index (χ4n) is 5.47. The van der Waals surface area contributed by atoms with Gasteiger partial charge in [-0.05, 0) is 45.9 Å². The molecule has 9 heteroatoms. The predicted octanol–water partition coefficient (Wildman–Crippen LogP) is 0.829. The van der Waals surface area contributed by atoms with Crippen molar-refractivity contribution in [3.05, 3.63) is 11.6 Å². The van der Waals surface area contributed by atoms with Crippen molar-refractivity contribution in [2.75, 3.05) is 26.3 Å². The number of carbonyl (C=O) groups is 3. The maximum Gasteiger partial charge on any atom is 0.336 e. The molecular weight excluding hydrogens is 418 g/mol. The van der Waals surface area contributed by atoms with Crippen molar-refractivity contribution >= 4 is 17.9 Å². The fraction of sp³-hybridized carbons (Fsp3) is 0.783. The molecule has 7 unspecified atom stereocenters. The van der Waals surface area contributed by atoms with Gasteiger partial charge in [-0.3, -0.25) is 14.5 Å². The van der Waals surface area contributed by atoms with Crippen LogP contribution in [0.25, 0.3) is 0 Å². The average Bonchev–Trinajstić information content (AvgIpc) is 3.25. The lowest BCUT2D eigenvalue weighted by molar-refractivity contribution is -0.151. The number of nitrogens with zero attached hydrogens (tertiary/aromatic N) is 1. The molecule has 4 aliphatic rings. The SMILES string of the molecule is CCOC(=O)C1CCN(C2C3=CC(OC3=O)C3C(CC(C)OCC2O)OC(=O)C3C)CC1. The number of ether oxygens (including phenoxy) is 4. The summed E-state index contributed by atoms with van der Waals surface area (Å²) in [5.74, 6) is -1.84. The minimum absolute atomic E-state index is 0.0415. The Bertz CT molecular complexity index is 774. The number of aliphatic hydroxyl groups is 1. The molecule has 2 bridgehead atoms. The zero-order chi connectivity index (χ0) is 23.0. The average molecular weight is 452 g/mol. The molecule has 9 nitrogen and oxygen atoms in total. The van der Waals surface area contributed by atoms with E-state index in [4.69, 9.17) is 18.9 Å². The zero-order valence-corrected chi connectivity index (χ0v) is 18.9. The van der Waals surface area contributed by atoms with Gasteiger partial charge in [-0.25, -0.2) is 4.79 Å². The number of aliphatic hydroxyl groups excluding tert-OH is 1. The van der Waals surface area contributed by atoms with Gasteiger partial charge in [-0.1, -0.05) is 6.92 Å². The quantitative estimate of drug-likeness (QED) is 0.492. The molecule has 0 aliphatic carbocycles. The standard InChI is InChI=1S/C23H33NO8/c1-4-29-22(27)14-5-7-24(8-6-14)20-15-10-18(32-23(15)28)19-13(3)21(26)31-17(19)9-12(2)30-11-16(20)25/h10,12-14,16-20,25H,4-9,11H2,1-3H3. The normalized spacial score (nSPS) is 38.9. The van der Waals surface area contributed by atoms with Crippen molar-refractivity contribution in [1.29, 1.82) is 0 Å². The molecule has 0 aromatic heterocycles. The molecular formula is C23H33NO8. The van der Waals surface area contributed by atoms with Crippen molar-refractivity contribution in [3.8, 4) is 0 Å². The number of fused-ring (bicyclic) bond motifs is 3. The molecule has 0 spiro atoms. The highest BCUT2D eigenvalue weighted by atomic mass is 16.6. The zero-order valence-electron chi connectivity index (χ0n) is 18.9. The molecule has 0 radical (unpaired) electrons. The van der Waals surface area contributed by atoms with Gasteiger partial charge in [0, 0.05) is 12.3 Å². The molecule has 178 valence electrons. The van der Waals surface area contributed by atoms with Gasteiger partial charge in [-0.2, -0.15) is 0 Å². The van der Waals surface area contributed by atoms with Crippen molar-refractivity contribution in [1.82, 2.24) is 4.90 Å². The van der Waals surface area contributed by atoms with Crippen molar-refractivity contribution in [2.45, 2.75) is 70.5 Å². The lowest BCUT2D eigenvalue weighted by Gasteiger charge is -2.39. The number of piperidine rings is 1. The molecule has 0 aromatic rings. The third-order valence-electron chi connectivity index (χ3n) is 7.19. The second kappa shape index (κ2) is 9.49. The number of esters is 3. The summed E-state index contributed by atoms with van der Waals surface area (Å²) < 4.78 is 22.3. The van der Waals surface area contributed by atoms with Crippen LogP contribution in [0.3, 0.4) is 0 Å². The van der Waals surface area contributed by atoms with Crippen LogP contribution < -0.4 is 0 Å². The number of hydrogen-bond donors (Lipinski definition) is 1. The minimum Gasteiger partial charge on any atom is -0.466 e. The Morgan fingerprint density at radius 3 is 2.62 bits per heavy atom. The largest absolute Gasteiger partial charge is 0.466 e. The first-order chi connectivity index (χ1) is 15.3. The topological polar surface area (TPSA) is 112 Å². The van der Waals surface area contributed by atoms with E-state index in [2.05, 4.69) is 0 Å². The van der Waals surface area contributed by atoms with E-state index in [0.717, 1.165) is 0 Å². The Labute approximate surface area is 188 Å². The summed E-state index contributed by atoms with van der Waals surface area (Å²) >= 11 is 0. The third kappa shape index (κ3) is 4.43. The number of carbonyl (C=O) groups excluding carboxylic acids is 3. The molecule has 4 heterocycles. The maximum atomic E-state index is 12.9. The van der Waals surface area contributed by atoms with Gasteiger partial charge in [0.15, 0.2) is 0 Å². The number of rotatable bonds is 3. The smallest absolute Gasteiger partial charge is 0.336 e. The van der Waals surface area contributed by atoms with Gasteiger partial charge in [0.2, 0.25) is 0 Å². The van der Waals surface area contributed by atoms with Crippen molar-refractivity contribution in [2.24, 2.45) is 17.8 Å². The van der Waals surface area contributed by atoms with Crippen LogP contribution in [0.2, 0.25) is 0 Å².